The maximum Gasteiger partial charge on any atom is 0.338 e. The van der Waals surface area contributed by atoms with Crippen molar-refractivity contribution >= 4 is 12.3 Å². The molecule has 0 aliphatic heterocycles. The van der Waals surface area contributed by atoms with Gasteiger partial charge in [-0.05, 0) is 12.1 Å². The van der Waals surface area contributed by atoms with Gasteiger partial charge in [0.05, 0.1) is 5.56 Å². The number of rotatable bonds is 4. The Morgan fingerprint density at radius 1 is 1.43 bits per heavy atom. The Kier molecular flexibility index (Phi) is 3.85. The fraction of sp³-hybridized carbons (Fsp3) is 0.273. The van der Waals surface area contributed by atoms with Gasteiger partial charge < -0.3 is 9.53 Å². The largest absolute Gasteiger partial charge is 0.461 e. The lowest BCUT2D eigenvalue weighted by molar-refractivity contribution is -0.111. The summed E-state index contributed by atoms with van der Waals surface area (Å²) in [6, 6.07) is 8.70. The summed E-state index contributed by atoms with van der Waals surface area (Å²) in [4.78, 5) is 21.6. The van der Waals surface area contributed by atoms with E-state index < -0.39 is 0 Å². The Morgan fingerprint density at radius 3 is 2.64 bits per heavy atom. The summed E-state index contributed by atoms with van der Waals surface area (Å²) >= 11 is 0. The van der Waals surface area contributed by atoms with Crippen LogP contribution in [0.25, 0.3) is 0 Å². The van der Waals surface area contributed by atoms with Crippen LogP contribution in [-0.2, 0) is 9.53 Å². The van der Waals surface area contributed by atoms with E-state index in [1.807, 2.05) is 6.07 Å². The molecule has 1 unspecified atom stereocenters. The van der Waals surface area contributed by atoms with Gasteiger partial charge in [0.25, 0.3) is 0 Å². The van der Waals surface area contributed by atoms with Crippen molar-refractivity contribution in [1.82, 2.24) is 0 Å². The van der Waals surface area contributed by atoms with Crippen LogP contribution in [0.4, 0.5) is 0 Å². The van der Waals surface area contributed by atoms with Crippen molar-refractivity contribution in [3.8, 4) is 0 Å². The van der Waals surface area contributed by atoms with Gasteiger partial charge in [-0.15, -0.1) is 0 Å². The van der Waals surface area contributed by atoms with Gasteiger partial charge in [0.1, 0.15) is 12.9 Å². The second-order valence-electron chi connectivity index (χ2n) is 3.08. The lowest BCUT2D eigenvalue weighted by atomic mass is 10.2. The average Bonchev–Trinajstić information content (AvgIpc) is 2.26. The van der Waals surface area contributed by atoms with Crippen molar-refractivity contribution in [2.75, 3.05) is 6.61 Å². The summed E-state index contributed by atoms with van der Waals surface area (Å²) in [7, 11) is 0. The third-order valence-electron chi connectivity index (χ3n) is 1.72. The molecular weight excluding hydrogens is 180 g/mol. The average molecular weight is 192 g/mol. The van der Waals surface area contributed by atoms with Crippen molar-refractivity contribution in [2.45, 2.75) is 6.92 Å². The minimum absolute atomic E-state index is 0.136. The molecule has 0 aromatic heterocycles. The first-order valence-corrected chi connectivity index (χ1v) is 4.41. The summed E-state index contributed by atoms with van der Waals surface area (Å²) < 4.78 is 4.91. The Labute approximate surface area is 82.7 Å². The summed E-state index contributed by atoms with van der Waals surface area (Å²) in [5, 5.41) is 0. The third kappa shape index (κ3) is 3.01. The molecule has 0 aliphatic rings. The van der Waals surface area contributed by atoms with E-state index in [1.165, 1.54) is 0 Å². The van der Waals surface area contributed by atoms with Crippen LogP contribution in [0, 0.1) is 5.92 Å². The predicted octanol–water partition coefficient (Wildman–Crippen LogP) is 1.68. The van der Waals surface area contributed by atoms with Crippen LogP contribution in [0.1, 0.15) is 17.3 Å². The van der Waals surface area contributed by atoms with Crippen LogP contribution < -0.4 is 0 Å². The molecule has 0 radical (unpaired) electrons. The Morgan fingerprint density at radius 2 is 2.07 bits per heavy atom. The van der Waals surface area contributed by atoms with E-state index in [2.05, 4.69) is 0 Å². The third-order valence-corrected chi connectivity index (χ3v) is 1.72. The maximum atomic E-state index is 11.3. The van der Waals surface area contributed by atoms with Gasteiger partial charge in [0.2, 0.25) is 0 Å². The maximum absolute atomic E-state index is 11.3. The minimum atomic E-state index is -0.390. The first kappa shape index (κ1) is 10.4. The van der Waals surface area contributed by atoms with Gasteiger partial charge in [-0.3, -0.25) is 0 Å². The zero-order chi connectivity index (χ0) is 10.4. The molecule has 0 saturated heterocycles. The van der Waals surface area contributed by atoms with Gasteiger partial charge in [-0.25, -0.2) is 4.79 Å². The van der Waals surface area contributed by atoms with E-state index in [0.29, 0.717) is 5.56 Å². The zero-order valence-electron chi connectivity index (χ0n) is 7.97. The quantitative estimate of drug-likeness (QED) is 0.538. The number of benzene rings is 1. The van der Waals surface area contributed by atoms with Crippen LogP contribution in [0.2, 0.25) is 0 Å². The van der Waals surface area contributed by atoms with Gasteiger partial charge in [0.15, 0.2) is 0 Å². The Hall–Kier alpha value is -1.64. The van der Waals surface area contributed by atoms with Crippen LogP contribution in [0.5, 0.6) is 0 Å². The smallest absolute Gasteiger partial charge is 0.338 e. The van der Waals surface area contributed by atoms with Gasteiger partial charge in [0, 0.05) is 5.92 Å². The molecule has 3 nitrogen and oxygen atoms in total. The Bertz CT molecular complexity index is 306. The van der Waals surface area contributed by atoms with Crippen molar-refractivity contribution in [1.29, 1.82) is 0 Å². The lowest BCUT2D eigenvalue weighted by Gasteiger charge is -2.05. The summed E-state index contributed by atoms with van der Waals surface area (Å²) in [5.74, 6) is -0.637. The van der Waals surface area contributed by atoms with Crippen molar-refractivity contribution in [3.63, 3.8) is 0 Å². The summed E-state index contributed by atoms with van der Waals surface area (Å²) in [5.41, 5.74) is 0.505. The molecule has 1 aromatic carbocycles. The number of carbonyl (C=O) groups excluding carboxylic acids is 2. The molecule has 1 atom stereocenters. The first-order valence-electron chi connectivity index (χ1n) is 4.41. The Balaban J connectivity index is 2.47. The van der Waals surface area contributed by atoms with E-state index in [4.69, 9.17) is 4.74 Å². The molecule has 1 rings (SSSR count). The number of esters is 1. The summed E-state index contributed by atoms with van der Waals surface area (Å²) in [6.45, 7) is 1.84. The molecule has 74 valence electrons. The number of hydrogen-bond acceptors (Lipinski definition) is 3. The highest BCUT2D eigenvalue weighted by atomic mass is 16.5. The molecule has 0 bridgehead atoms. The molecular formula is C11H12O3. The second-order valence-corrected chi connectivity index (χ2v) is 3.08. The van der Waals surface area contributed by atoms with E-state index in [-0.39, 0.29) is 18.5 Å². The van der Waals surface area contributed by atoms with Gasteiger partial charge >= 0.3 is 5.97 Å². The minimum Gasteiger partial charge on any atom is -0.461 e. The normalized spacial score (nSPS) is 11.8. The highest BCUT2D eigenvalue weighted by molar-refractivity contribution is 5.89. The number of aldehydes is 1. The second kappa shape index (κ2) is 5.17. The molecule has 0 heterocycles. The van der Waals surface area contributed by atoms with Crippen molar-refractivity contribution in [2.24, 2.45) is 5.92 Å². The van der Waals surface area contributed by atoms with Crippen LogP contribution >= 0.6 is 0 Å². The zero-order valence-corrected chi connectivity index (χ0v) is 7.97. The van der Waals surface area contributed by atoms with E-state index in [9.17, 15) is 9.59 Å². The molecule has 1 aromatic rings. The molecule has 14 heavy (non-hydrogen) atoms. The highest BCUT2D eigenvalue weighted by Gasteiger charge is 2.07. The molecule has 0 N–H and O–H groups in total. The molecule has 0 aliphatic carbocycles. The molecule has 0 fully saturated rings. The van der Waals surface area contributed by atoms with Crippen LogP contribution in [0.3, 0.4) is 0 Å². The number of hydrogen-bond donors (Lipinski definition) is 0. The van der Waals surface area contributed by atoms with E-state index in [0.717, 1.165) is 6.29 Å². The molecule has 0 amide bonds. The van der Waals surface area contributed by atoms with E-state index >= 15 is 0 Å². The van der Waals surface area contributed by atoms with Gasteiger partial charge in [-0.1, -0.05) is 25.1 Å². The first-order chi connectivity index (χ1) is 6.74. The fourth-order valence-corrected chi connectivity index (χ4v) is 0.904. The monoisotopic (exact) mass is 192 g/mol. The van der Waals surface area contributed by atoms with Crippen LogP contribution in [-0.4, -0.2) is 18.9 Å². The standard InChI is InChI=1S/C11H12O3/c1-9(7-12)8-14-11(13)10-5-3-2-4-6-10/h2-7,9H,8H2,1H3. The lowest BCUT2D eigenvalue weighted by Crippen LogP contribution is -2.12. The SMILES string of the molecule is CC(C=O)COC(=O)c1ccccc1. The molecule has 0 spiro atoms. The van der Waals surface area contributed by atoms with Crippen molar-refractivity contribution < 1.29 is 14.3 Å². The highest BCUT2D eigenvalue weighted by Crippen LogP contribution is 2.02. The fourth-order valence-electron chi connectivity index (χ4n) is 0.904. The summed E-state index contributed by atoms with van der Waals surface area (Å²) in [6.07, 6.45) is 0.762. The molecule has 3 heteroatoms. The molecule has 0 saturated carbocycles. The van der Waals surface area contributed by atoms with E-state index in [1.54, 1.807) is 31.2 Å². The van der Waals surface area contributed by atoms with Crippen LogP contribution in [0.15, 0.2) is 30.3 Å². The predicted molar refractivity (Wildman–Crippen MR) is 52.0 cm³/mol. The van der Waals surface area contributed by atoms with Gasteiger partial charge in [-0.2, -0.15) is 0 Å². The number of carbonyl (C=O) groups is 2. The van der Waals surface area contributed by atoms with Crippen molar-refractivity contribution in [3.05, 3.63) is 35.9 Å². The number of ether oxygens (including phenoxy) is 1. The topological polar surface area (TPSA) is 43.4 Å².